The van der Waals surface area contributed by atoms with Gasteiger partial charge in [-0.15, -0.1) is 0 Å². The molecule has 0 radical (unpaired) electrons. The molecule has 0 aliphatic rings. The first kappa shape index (κ1) is 33.8. The van der Waals surface area contributed by atoms with E-state index in [1.807, 2.05) is 0 Å². The maximum atomic E-state index is 9.56. The molecule has 0 aliphatic carbocycles. The number of phenolic OH excluding ortho intramolecular Hbond substituents is 1. The predicted octanol–water partition coefficient (Wildman–Crippen LogP) is 1.54. The van der Waals surface area contributed by atoms with Gasteiger partial charge in [0, 0.05) is 0 Å². The van der Waals surface area contributed by atoms with Crippen molar-refractivity contribution in [1.29, 1.82) is 0 Å². The standard InChI is InChI=1S/C6HCl5O.CH4O8S2.Mg.H3O3P/c7-1-2(8)4(10)6(12)5(11)3(1)9;2-10(3,4)8-1-9-11(5,6)7;;1-4(2)3/h12H;1H2,(H,2,3,4)(H,5,6,7);;4H,(H2,1,2,3)/q;;+2;/p-2. The maximum absolute atomic E-state index is 9.56. The Labute approximate surface area is 200 Å². The van der Waals surface area contributed by atoms with E-state index in [4.69, 9.17) is 72.4 Å². The van der Waals surface area contributed by atoms with Crippen LogP contribution in [0.1, 0.15) is 0 Å². The molecule has 3 N–H and O–H groups in total. The Morgan fingerprint density at radius 3 is 1.21 bits per heavy atom. The van der Waals surface area contributed by atoms with E-state index in [1.54, 1.807) is 0 Å². The Morgan fingerprint density at radius 2 is 1.00 bits per heavy atom. The molecule has 21 heteroatoms. The summed E-state index contributed by atoms with van der Waals surface area (Å²) < 4.78 is 72.6. The molecule has 1 aromatic carbocycles. The zero-order valence-corrected chi connectivity index (χ0v) is 20.5. The van der Waals surface area contributed by atoms with Crippen molar-refractivity contribution in [3.63, 3.8) is 0 Å². The number of hydrogen-bond acceptors (Lipinski definition) is 10. The van der Waals surface area contributed by atoms with E-state index in [9.17, 15) is 31.0 Å². The largest absolute Gasteiger partial charge is 2.00 e. The SMILES string of the molecule is O=S(=O)([O-])OCOS(=O)(=O)[O-].O=[PH](O)O.Oc1c(Cl)c(Cl)c(Cl)c(Cl)c1Cl.[Mg+2]. The van der Waals surface area contributed by atoms with Crippen LogP contribution in [-0.4, -0.2) is 70.7 Å². The van der Waals surface area contributed by atoms with E-state index >= 15 is 0 Å². The van der Waals surface area contributed by atoms with Crippen LogP contribution < -0.4 is 0 Å². The third kappa shape index (κ3) is 16.9. The quantitative estimate of drug-likeness (QED) is 0.0883. The van der Waals surface area contributed by atoms with Crippen molar-refractivity contribution >= 4 is 110 Å². The Balaban J connectivity index is -0.000000366. The summed E-state index contributed by atoms with van der Waals surface area (Å²) in [6.07, 6.45) is 0. The van der Waals surface area contributed by atoms with Crippen LogP contribution in [0.15, 0.2) is 0 Å². The fraction of sp³-hybridized carbons (Fsp3) is 0.143. The topological polar surface area (TPSA) is 211 Å². The molecule has 28 heavy (non-hydrogen) atoms. The van der Waals surface area contributed by atoms with Crippen molar-refractivity contribution in [1.82, 2.24) is 0 Å². The molecular formula is C7H6Cl5MgO12PS2. The number of hydrogen-bond donors (Lipinski definition) is 3. The summed E-state index contributed by atoms with van der Waals surface area (Å²) >= 11 is 27.9. The van der Waals surface area contributed by atoms with Gasteiger partial charge in [0.15, 0.2) is 12.5 Å². The van der Waals surface area contributed by atoms with Gasteiger partial charge in [0.1, 0.15) is 10.0 Å². The molecule has 160 valence electrons. The minimum absolute atomic E-state index is 0. The van der Waals surface area contributed by atoms with Gasteiger partial charge in [-0.25, -0.2) is 25.2 Å². The van der Waals surface area contributed by atoms with Gasteiger partial charge in [-0.2, -0.15) is 0 Å². The van der Waals surface area contributed by atoms with E-state index in [2.05, 4.69) is 8.37 Å². The summed E-state index contributed by atoms with van der Waals surface area (Å²) in [5, 5.41) is 9.01. The summed E-state index contributed by atoms with van der Waals surface area (Å²) in [5.41, 5.74) is 0. The first-order valence-electron chi connectivity index (χ1n) is 5.23. The number of phenols is 1. The van der Waals surface area contributed by atoms with Crippen LogP contribution in [0.3, 0.4) is 0 Å². The minimum atomic E-state index is -5.02. The fourth-order valence-electron chi connectivity index (χ4n) is 0.731. The number of benzene rings is 1. The first-order valence-corrected chi connectivity index (χ1v) is 11.1. The Hall–Kier alpha value is 1.13. The van der Waals surface area contributed by atoms with Crippen molar-refractivity contribution < 1.29 is 53.8 Å². The smallest absolute Gasteiger partial charge is 0.725 e. The molecule has 0 amide bonds. The van der Waals surface area contributed by atoms with Gasteiger partial charge < -0.3 is 24.0 Å². The van der Waals surface area contributed by atoms with Crippen LogP contribution in [0.5, 0.6) is 5.75 Å². The molecule has 0 aliphatic heterocycles. The summed E-state index contributed by atoms with van der Waals surface area (Å²) in [4.78, 5) is 14.3. The molecule has 0 unspecified atom stereocenters. The van der Waals surface area contributed by atoms with Crippen LogP contribution in [0.25, 0.3) is 0 Å². The van der Waals surface area contributed by atoms with Crippen molar-refractivity contribution in [2.75, 3.05) is 6.79 Å². The van der Waals surface area contributed by atoms with Crippen molar-refractivity contribution in [2.24, 2.45) is 0 Å². The molecule has 1 rings (SSSR count). The first-order chi connectivity index (χ1) is 11.9. The van der Waals surface area contributed by atoms with Crippen LogP contribution in [-0.2, 0) is 33.7 Å². The van der Waals surface area contributed by atoms with Crippen LogP contribution in [0, 0.1) is 0 Å². The molecule has 0 spiro atoms. The Morgan fingerprint density at radius 1 is 0.786 bits per heavy atom. The van der Waals surface area contributed by atoms with E-state index in [0.29, 0.717) is 0 Å². The zero-order chi connectivity index (χ0) is 22.2. The molecule has 0 bridgehead atoms. The van der Waals surface area contributed by atoms with E-state index < -0.39 is 35.8 Å². The summed E-state index contributed by atoms with van der Waals surface area (Å²) in [6.45, 7) is -1.43. The molecule has 1 aromatic rings. The second kappa shape index (κ2) is 15.0. The molecule has 0 saturated heterocycles. The molecular weight excluding hydrogens is 573 g/mol. The maximum Gasteiger partial charge on any atom is 2.00 e. The van der Waals surface area contributed by atoms with Crippen molar-refractivity contribution in [2.45, 2.75) is 0 Å². The van der Waals surface area contributed by atoms with Gasteiger partial charge in [-0.3, -0.25) is 4.57 Å². The number of aromatic hydroxyl groups is 1. The minimum Gasteiger partial charge on any atom is -0.725 e. The Bertz CT molecular complexity index is 738. The normalized spacial score (nSPS) is 10.9. The molecule has 12 nitrogen and oxygen atoms in total. The summed E-state index contributed by atoms with van der Waals surface area (Å²) in [6, 6.07) is 0. The Kier molecular flexibility index (Phi) is 18.1. The fourth-order valence-corrected chi connectivity index (χ4v) is 2.25. The molecule has 0 atom stereocenters. The molecule has 0 aromatic heterocycles. The second-order valence-corrected chi connectivity index (χ2v) is 7.93. The number of halogens is 5. The van der Waals surface area contributed by atoms with E-state index in [1.165, 1.54) is 0 Å². The van der Waals surface area contributed by atoms with Crippen molar-refractivity contribution in [3.8, 4) is 5.75 Å². The second-order valence-electron chi connectivity index (χ2n) is 3.37. The predicted molar refractivity (Wildman–Crippen MR) is 98.8 cm³/mol. The third-order valence-corrected chi connectivity index (χ3v) is 4.60. The van der Waals surface area contributed by atoms with Gasteiger partial charge in [0.2, 0.25) is 20.8 Å². The van der Waals surface area contributed by atoms with Crippen LogP contribution >= 0.6 is 66.3 Å². The van der Waals surface area contributed by atoms with Gasteiger partial charge in [0.25, 0.3) is 0 Å². The van der Waals surface area contributed by atoms with Gasteiger partial charge in [-0.1, -0.05) is 58.0 Å². The van der Waals surface area contributed by atoms with Crippen LogP contribution in [0.2, 0.25) is 25.1 Å². The monoisotopic (exact) mass is 576 g/mol. The van der Waals surface area contributed by atoms with Gasteiger partial charge in [0.05, 0.1) is 15.1 Å². The summed E-state index contributed by atoms with van der Waals surface area (Å²) in [5.74, 6) is -0.363. The zero-order valence-electron chi connectivity index (χ0n) is 12.6. The van der Waals surface area contributed by atoms with Crippen LogP contribution in [0.4, 0.5) is 0 Å². The number of rotatable bonds is 4. The molecule has 0 fully saturated rings. The average molecular weight is 579 g/mol. The van der Waals surface area contributed by atoms with Crippen molar-refractivity contribution in [3.05, 3.63) is 25.1 Å². The molecule has 0 saturated carbocycles. The van der Waals surface area contributed by atoms with E-state index in [-0.39, 0.29) is 53.9 Å². The third-order valence-electron chi connectivity index (χ3n) is 1.57. The molecule has 0 heterocycles. The van der Waals surface area contributed by atoms with E-state index in [0.717, 1.165) is 0 Å². The average Bonchev–Trinajstić information content (AvgIpc) is 2.46. The van der Waals surface area contributed by atoms with Gasteiger partial charge in [-0.05, 0) is 0 Å². The summed E-state index contributed by atoms with van der Waals surface area (Å²) in [7, 11) is -13.2. The van der Waals surface area contributed by atoms with Gasteiger partial charge >= 0.3 is 31.3 Å².